The van der Waals surface area contributed by atoms with Gasteiger partial charge in [-0.05, 0) is 48.9 Å². The number of carbonyl (C=O) groups excluding carboxylic acids is 1. The molecule has 1 aromatic heterocycles. The smallest absolute Gasteiger partial charge is 0.261 e. The minimum absolute atomic E-state index is 0.107. The first-order valence-electron chi connectivity index (χ1n) is 6.30. The van der Waals surface area contributed by atoms with Crippen molar-refractivity contribution in [1.29, 1.82) is 0 Å². The van der Waals surface area contributed by atoms with Gasteiger partial charge >= 0.3 is 0 Å². The highest BCUT2D eigenvalue weighted by atomic mass is 32.1. The monoisotopic (exact) mass is 252 g/mol. The zero-order valence-electron chi connectivity index (χ0n) is 10.5. The van der Waals surface area contributed by atoms with Gasteiger partial charge in [0.2, 0.25) is 0 Å². The van der Waals surface area contributed by atoms with Gasteiger partial charge < -0.3 is 10.6 Å². The van der Waals surface area contributed by atoms with Crippen LogP contribution in [0.15, 0.2) is 11.4 Å². The summed E-state index contributed by atoms with van der Waals surface area (Å²) in [6, 6.07) is 2.36. The van der Waals surface area contributed by atoms with E-state index in [1.54, 1.807) is 11.3 Å². The maximum atomic E-state index is 12.2. The molecule has 17 heavy (non-hydrogen) atoms. The van der Waals surface area contributed by atoms with Crippen LogP contribution in [0.1, 0.15) is 35.5 Å². The normalized spacial score (nSPS) is 24.6. The first-order valence-corrected chi connectivity index (χ1v) is 7.18. The third-order valence-electron chi connectivity index (χ3n) is 3.44. The zero-order chi connectivity index (χ0) is 12.3. The Morgan fingerprint density at radius 2 is 2.47 bits per heavy atom. The molecule has 3 nitrogen and oxygen atoms in total. The van der Waals surface area contributed by atoms with Gasteiger partial charge in [-0.25, -0.2) is 0 Å². The molecule has 2 rings (SSSR count). The van der Waals surface area contributed by atoms with Gasteiger partial charge in [0.25, 0.3) is 5.91 Å². The largest absolute Gasteiger partial charge is 0.348 e. The molecule has 4 heteroatoms. The van der Waals surface area contributed by atoms with Gasteiger partial charge in [0, 0.05) is 6.04 Å². The summed E-state index contributed by atoms with van der Waals surface area (Å²) in [7, 11) is 0. The van der Waals surface area contributed by atoms with E-state index >= 15 is 0 Å². The van der Waals surface area contributed by atoms with Crippen LogP contribution in [0, 0.1) is 5.92 Å². The van der Waals surface area contributed by atoms with Crippen molar-refractivity contribution in [2.24, 2.45) is 5.92 Å². The molecular weight excluding hydrogens is 232 g/mol. The molecule has 2 heterocycles. The molecule has 1 amide bonds. The van der Waals surface area contributed by atoms with E-state index in [1.165, 1.54) is 0 Å². The van der Waals surface area contributed by atoms with Crippen molar-refractivity contribution >= 4 is 17.2 Å². The SMILES string of the molecule is CCc1ccsc1C(=O)NC1CCNCC1C. The third-order valence-corrected chi connectivity index (χ3v) is 4.39. The minimum Gasteiger partial charge on any atom is -0.348 e. The Bertz CT molecular complexity index is 389. The molecule has 1 aromatic rings. The molecule has 2 unspecified atom stereocenters. The first kappa shape index (κ1) is 12.6. The highest BCUT2D eigenvalue weighted by Crippen LogP contribution is 2.18. The van der Waals surface area contributed by atoms with Gasteiger partial charge in [0.15, 0.2) is 0 Å². The van der Waals surface area contributed by atoms with Gasteiger partial charge in [0.05, 0.1) is 4.88 Å². The molecule has 1 aliphatic rings. The summed E-state index contributed by atoms with van der Waals surface area (Å²) in [6.07, 6.45) is 1.95. The fourth-order valence-corrected chi connectivity index (χ4v) is 3.17. The van der Waals surface area contributed by atoms with E-state index in [0.29, 0.717) is 12.0 Å². The summed E-state index contributed by atoms with van der Waals surface area (Å²) in [5, 5.41) is 8.52. The molecule has 2 atom stereocenters. The number of thiophene rings is 1. The van der Waals surface area contributed by atoms with Crippen LogP contribution in [-0.4, -0.2) is 25.0 Å². The van der Waals surface area contributed by atoms with Crippen molar-refractivity contribution in [2.45, 2.75) is 32.7 Å². The molecule has 0 saturated carbocycles. The third kappa shape index (κ3) is 2.87. The zero-order valence-corrected chi connectivity index (χ0v) is 11.3. The van der Waals surface area contributed by atoms with Crippen molar-refractivity contribution in [2.75, 3.05) is 13.1 Å². The predicted molar refractivity (Wildman–Crippen MR) is 71.6 cm³/mol. The Kier molecular flexibility index (Phi) is 4.18. The summed E-state index contributed by atoms with van der Waals surface area (Å²) in [5.41, 5.74) is 1.16. The van der Waals surface area contributed by atoms with Crippen LogP contribution in [-0.2, 0) is 6.42 Å². The molecular formula is C13H20N2OS. The summed E-state index contributed by atoms with van der Waals surface area (Å²) < 4.78 is 0. The van der Waals surface area contributed by atoms with Crippen LogP contribution in [0.2, 0.25) is 0 Å². The van der Waals surface area contributed by atoms with E-state index in [9.17, 15) is 4.79 Å². The van der Waals surface area contributed by atoms with Crippen LogP contribution >= 0.6 is 11.3 Å². The maximum absolute atomic E-state index is 12.2. The highest BCUT2D eigenvalue weighted by Gasteiger charge is 2.24. The lowest BCUT2D eigenvalue weighted by atomic mass is 9.95. The first-order chi connectivity index (χ1) is 8.22. The highest BCUT2D eigenvalue weighted by molar-refractivity contribution is 7.12. The molecule has 1 saturated heterocycles. The van der Waals surface area contributed by atoms with E-state index in [0.717, 1.165) is 36.4 Å². The van der Waals surface area contributed by atoms with Crippen LogP contribution in [0.25, 0.3) is 0 Å². The van der Waals surface area contributed by atoms with E-state index in [4.69, 9.17) is 0 Å². The predicted octanol–water partition coefficient (Wildman–Crippen LogP) is 2.04. The average molecular weight is 252 g/mol. The molecule has 0 bridgehead atoms. The number of nitrogens with one attached hydrogen (secondary N) is 2. The van der Waals surface area contributed by atoms with Crippen LogP contribution in [0.3, 0.4) is 0 Å². The Balaban J connectivity index is 2.01. The number of piperidine rings is 1. The number of hydrogen-bond donors (Lipinski definition) is 2. The van der Waals surface area contributed by atoms with E-state index in [-0.39, 0.29) is 5.91 Å². The second-order valence-electron chi connectivity index (χ2n) is 4.68. The van der Waals surface area contributed by atoms with Gasteiger partial charge in [-0.15, -0.1) is 11.3 Å². The fraction of sp³-hybridized carbons (Fsp3) is 0.615. The summed E-state index contributed by atoms with van der Waals surface area (Å²) in [4.78, 5) is 13.1. The summed E-state index contributed by atoms with van der Waals surface area (Å²) >= 11 is 1.54. The number of aryl methyl sites for hydroxylation is 1. The van der Waals surface area contributed by atoms with Gasteiger partial charge in [-0.2, -0.15) is 0 Å². The standard InChI is InChI=1S/C13H20N2OS/c1-3-10-5-7-17-12(10)13(16)15-11-4-6-14-8-9(11)2/h5,7,9,11,14H,3-4,6,8H2,1-2H3,(H,15,16). The topological polar surface area (TPSA) is 41.1 Å². The quantitative estimate of drug-likeness (QED) is 0.864. The van der Waals surface area contributed by atoms with Gasteiger partial charge in [0.1, 0.15) is 0 Å². The molecule has 0 radical (unpaired) electrons. The van der Waals surface area contributed by atoms with Crippen molar-refractivity contribution in [3.63, 3.8) is 0 Å². The molecule has 2 N–H and O–H groups in total. The molecule has 1 aliphatic heterocycles. The van der Waals surface area contributed by atoms with Gasteiger partial charge in [-0.3, -0.25) is 4.79 Å². The molecule has 94 valence electrons. The van der Waals surface area contributed by atoms with Crippen LogP contribution in [0.5, 0.6) is 0 Å². The number of rotatable bonds is 3. The number of carbonyl (C=O) groups is 1. The lowest BCUT2D eigenvalue weighted by Gasteiger charge is -2.30. The minimum atomic E-state index is 0.107. The Hall–Kier alpha value is -0.870. The number of amides is 1. The van der Waals surface area contributed by atoms with Crippen molar-refractivity contribution < 1.29 is 4.79 Å². The molecule has 0 aliphatic carbocycles. The second kappa shape index (κ2) is 5.65. The summed E-state index contributed by atoms with van der Waals surface area (Å²) in [5.74, 6) is 0.619. The Morgan fingerprint density at radius 1 is 1.65 bits per heavy atom. The molecule has 1 fully saturated rings. The molecule has 0 spiro atoms. The maximum Gasteiger partial charge on any atom is 0.261 e. The van der Waals surface area contributed by atoms with E-state index in [1.807, 2.05) is 11.4 Å². The van der Waals surface area contributed by atoms with E-state index < -0.39 is 0 Å². The lowest BCUT2D eigenvalue weighted by molar-refractivity contribution is 0.0917. The average Bonchev–Trinajstić information content (AvgIpc) is 2.80. The molecule has 0 aromatic carbocycles. The van der Waals surface area contributed by atoms with Crippen molar-refractivity contribution in [3.8, 4) is 0 Å². The Morgan fingerprint density at radius 3 is 3.18 bits per heavy atom. The van der Waals surface area contributed by atoms with E-state index in [2.05, 4.69) is 24.5 Å². The Labute approximate surface area is 107 Å². The second-order valence-corrected chi connectivity index (χ2v) is 5.59. The van der Waals surface area contributed by atoms with Crippen LogP contribution in [0.4, 0.5) is 0 Å². The summed E-state index contributed by atoms with van der Waals surface area (Å²) in [6.45, 7) is 6.27. The van der Waals surface area contributed by atoms with Gasteiger partial charge in [-0.1, -0.05) is 13.8 Å². The lowest BCUT2D eigenvalue weighted by Crippen LogP contribution is -2.48. The van der Waals surface area contributed by atoms with Crippen LogP contribution < -0.4 is 10.6 Å². The number of hydrogen-bond acceptors (Lipinski definition) is 3. The van der Waals surface area contributed by atoms with Crippen molar-refractivity contribution in [1.82, 2.24) is 10.6 Å². The fourth-order valence-electron chi connectivity index (χ4n) is 2.28. The van der Waals surface area contributed by atoms with Crippen molar-refractivity contribution in [3.05, 3.63) is 21.9 Å².